The predicted molar refractivity (Wildman–Crippen MR) is 125 cm³/mol. The largest absolute Gasteiger partial charge is 0.493 e. The number of aryl methyl sites for hydroxylation is 1. The zero-order valence-electron chi connectivity index (χ0n) is 17.5. The summed E-state index contributed by atoms with van der Waals surface area (Å²) in [6.07, 6.45) is 3.48. The molecule has 0 spiro atoms. The van der Waals surface area contributed by atoms with Gasteiger partial charge < -0.3 is 19.3 Å². The van der Waals surface area contributed by atoms with Gasteiger partial charge in [0, 0.05) is 32.7 Å². The molecule has 0 saturated carbocycles. The van der Waals surface area contributed by atoms with Crippen molar-refractivity contribution in [1.29, 1.82) is 0 Å². The summed E-state index contributed by atoms with van der Waals surface area (Å²) in [6.45, 7) is 7.00. The minimum atomic E-state index is 0. The molecule has 2 aromatic carbocycles. The fraction of sp³-hybridized carbons (Fsp3) is 0.478. The number of rotatable bonds is 9. The molecule has 0 bridgehead atoms. The van der Waals surface area contributed by atoms with E-state index < -0.39 is 0 Å². The van der Waals surface area contributed by atoms with Crippen molar-refractivity contribution in [2.75, 3.05) is 53.5 Å². The maximum absolute atomic E-state index is 5.41. The van der Waals surface area contributed by atoms with E-state index in [4.69, 9.17) is 9.47 Å². The van der Waals surface area contributed by atoms with Crippen molar-refractivity contribution in [3.8, 4) is 11.5 Å². The Hall–Kier alpha value is -1.46. The van der Waals surface area contributed by atoms with Gasteiger partial charge in [0.1, 0.15) is 0 Å². The second-order valence-electron chi connectivity index (χ2n) is 7.21. The average Bonchev–Trinajstić information content (AvgIpc) is 2.73. The molecule has 1 aliphatic rings. The first-order chi connectivity index (χ1) is 13.3. The lowest BCUT2D eigenvalue weighted by Gasteiger charge is -2.34. The first-order valence-corrected chi connectivity index (χ1v) is 9.98. The van der Waals surface area contributed by atoms with Crippen molar-refractivity contribution in [1.82, 2.24) is 9.80 Å². The SMILES string of the molecule is COc1ccc(CCN2CCN(CCCc3ccccc3)CC2)cc1OC.Cl.Cl. The number of benzene rings is 2. The van der Waals surface area contributed by atoms with Crippen LogP contribution < -0.4 is 9.47 Å². The lowest BCUT2D eigenvalue weighted by molar-refractivity contribution is 0.132. The molecule has 6 heteroatoms. The molecule has 0 amide bonds. The van der Waals surface area contributed by atoms with Gasteiger partial charge in [-0.2, -0.15) is 0 Å². The molecule has 3 rings (SSSR count). The van der Waals surface area contributed by atoms with Crippen LogP contribution in [0.15, 0.2) is 48.5 Å². The maximum Gasteiger partial charge on any atom is 0.160 e. The summed E-state index contributed by atoms with van der Waals surface area (Å²) < 4.78 is 10.7. The molecule has 0 atom stereocenters. The van der Waals surface area contributed by atoms with Gasteiger partial charge in [-0.25, -0.2) is 0 Å². The third kappa shape index (κ3) is 8.06. The molecule has 2 aromatic rings. The Morgan fingerprint density at radius 3 is 1.93 bits per heavy atom. The maximum atomic E-state index is 5.41. The van der Waals surface area contributed by atoms with E-state index in [-0.39, 0.29) is 24.8 Å². The summed E-state index contributed by atoms with van der Waals surface area (Å²) in [4.78, 5) is 5.18. The lowest BCUT2D eigenvalue weighted by atomic mass is 10.1. The normalized spacial score (nSPS) is 14.6. The van der Waals surface area contributed by atoms with Gasteiger partial charge in [0.05, 0.1) is 14.2 Å². The van der Waals surface area contributed by atoms with Gasteiger partial charge in [0.2, 0.25) is 0 Å². The molecule has 1 heterocycles. The first-order valence-electron chi connectivity index (χ1n) is 9.98. The van der Waals surface area contributed by atoms with Crippen molar-refractivity contribution < 1.29 is 9.47 Å². The highest BCUT2D eigenvalue weighted by molar-refractivity contribution is 5.85. The van der Waals surface area contributed by atoms with Crippen LogP contribution >= 0.6 is 24.8 Å². The zero-order chi connectivity index (χ0) is 18.9. The molecule has 0 unspecified atom stereocenters. The second kappa shape index (κ2) is 13.7. The molecule has 0 N–H and O–H groups in total. The van der Waals surface area contributed by atoms with Crippen LogP contribution in [-0.2, 0) is 12.8 Å². The minimum absolute atomic E-state index is 0. The van der Waals surface area contributed by atoms with Crippen LogP contribution in [0.3, 0.4) is 0 Å². The van der Waals surface area contributed by atoms with E-state index in [2.05, 4.69) is 52.3 Å². The van der Waals surface area contributed by atoms with E-state index in [1.54, 1.807) is 14.2 Å². The van der Waals surface area contributed by atoms with Gasteiger partial charge in [0.25, 0.3) is 0 Å². The number of hydrogen-bond donors (Lipinski definition) is 0. The number of ether oxygens (including phenoxy) is 2. The number of piperazine rings is 1. The summed E-state index contributed by atoms with van der Waals surface area (Å²) in [6, 6.07) is 17.0. The van der Waals surface area contributed by atoms with Gasteiger partial charge in [-0.15, -0.1) is 24.8 Å². The van der Waals surface area contributed by atoms with E-state index in [1.165, 1.54) is 56.7 Å². The predicted octanol–water partition coefficient (Wildman–Crippen LogP) is 4.34. The molecule has 29 heavy (non-hydrogen) atoms. The van der Waals surface area contributed by atoms with Crippen LogP contribution in [0.25, 0.3) is 0 Å². The average molecular weight is 441 g/mol. The van der Waals surface area contributed by atoms with Crippen molar-refractivity contribution in [2.24, 2.45) is 0 Å². The highest BCUT2D eigenvalue weighted by Crippen LogP contribution is 2.27. The number of methoxy groups -OCH3 is 2. The third-order valence-corrected chi connectivity index (χ3v) is 5.41. The standard InChI is InChI=1S/C23H32N2O2.2ClH/c1-26-22-11-10-21(19-23(22)27-2)12-14-25-17-15-24(16-18-25)13-6-9-20-7-4-3-5-8-20;;/h3-5,7-8,10-11,19H,6,9,12-18H2,1-2H3;2*1H. The minimum Gasteiger partial charge on any atom is -0.493 e. The van der Waals surface area contributed by atoms with Crippen molar-refractivity contribution in [3.05, 3.63) is 59.7 Å². The smallest absolute Gasteiger partial charge is 0.160 e. The number of hydrogen-bond acceptors (Lipinski definition) is 4. The molecule has 1 saturated heterocycles. The van der Waals surface area contributed by atoms with E-state index in [1.807, 2.05) is 6.07 Å². The monoisotopic (exact) mass is 440 g/mol. The Morgan fingerprint density at radius 1 is 0.690 bits per heavy atom. The van der Waals surface area contributed by atoms with E-state index in [0.717, 1.165) is 24.5 Å². The molecular formula is C23H34Cl2N2O2. The van der Waals surface area contributed by atoms with Crippen molar-refractivity contribution >= 4 is 24.8 Å². The summed E-state index contributed by atoms with van der Waals surface area (Å²) in [5.41, 5.74) is 2.75. The zero-order valence-corrected chi connectivity index (χ0v) is 19.1. The summed E-state index contributed by atoms with van der Waals surface area (Å²) in [5, 5.41) is 0. The van der Waals surface area contributed by atoms with Gasteiger partial charge in [0.15, 0.2) is 11.5 Å². The molecule has 0 aromatic heterocycles. The summed E-state index contributed by atoms with van der Waals surface area (Å²) >= 11 is 0. The molecular weight excluding hydrogens is 407 g/mol. The Bertz CT molecular complexity index is 693. The van der Waals surface area contributed by atoms with Crippen LogP contribution in [0, 0.1) is 0 Å². The fourth-order valence-electron chi connectivity index (χ4n) is 3.71. The number of halogens is 2. The summed E-state index contributed by atoms with van der Waals surface area (Å²) in [7, 11) is 3.37. The van der Waals surface area contributed by atoms with E-state index in [0.29, 0.717) is 0 Å². The van der Waals surface area contributed by atoms with Crippen LogP contribution in [0.2, 0.25) is 0 Å². The molecule has 0 radical (unpaired) electrons. The topological polar surface area (TPSA) is 24.9 Å². The Morgan fingerprint density at radius 2 is 1.31 bits per heavy atom. The van der Waals surface area contributed by atoms with Gasteiger partial charge in [-0.05, 0) is 49.1 Å². The van der Waals surface area contributed by atoms with Crippen LogP contribution in [0.4, 0.5) is 0 Å². The third-order valence-electron chi connectivity index (χ3n) is 5.41. The molecule has 162 valence electrons. The van der Waals surface area contributed by atoms with Gasteiger partial charge in [-0.3, -0.25) is 0 Å². The molecule has 0 aliphatic carbocycles. The van der Waals surface area contributed by atoms with Crippen molar-refractivity contribution in [3.63, 3.8) is 0 Å². The summed E-state index contributed by atoms with van der Waals surface area (Å²) in [5.74, 6) is 1.61. The number of nitrogens with zero attached hydrogens (tertiary/aromatic N) is 2. The highest BCUT2D eigenvalue weighted by atomic mass is 35.5. The Labute approximate surface area is 188 Å². The van der Waals surface area contributed by atoms with Crippen LogP contribution in [0.1, 0.15) is 17.5 Å². The van der Waals surface area contributed by atoms with Crippen LogP contribution in [0.5, 0.6) is 11.5 Å². The Balaban J connectivity index is 0.00000210. The lowest BCUT2D eigenvalue weighted by Crippen LogP contribution is -2.47. The molecule has 1 aliphatic heterocycles. The van der Waals surface area contributed by atoms with E-state index in [9.17, 15) is 0 Å². The highest BCUT2D eigenvalue weighted by Gasteiger charge is 2.16. The fourth-order valence-corrected chi connectivity index (χ4v) is 3.71. The molecule has 1 fully saturated rings. The van der Waals surface area contributed by atoms with Gasteiger partial charge >= 0.3 is 0 Å². The first kappa shape index (κ1) is 25.6. The quantitative estimate of drug-likeness (QED) is 0.578. The Kier molecular flexibility index (Phi) is 12.1. The van der Waals surface area contributed by atoms with Gasteiger partial charge in [-0.1, -0.05) is 36.4 Å². The molecule has 4 nitrogen and oxygen atoms in total. The van der Waals surface area contributed by atoms with Crippen molar-refractivity contribution in [2.45, 2.75) is 19.3 Å². The second-order valence-corrected chi connectivity index (χ2v) is 7.21. The van der Waals surface area contributed by atoms with Crippen LogP contribution in [-0.4, -0.2) is 63.3 Å². The van der Waals surface area contributed by atoms with E-state index >= 15 is 0 Å².